The van der Waals surface area contributed by atoms with Crippen LogP contribution in [-0.2, 0) is 0 Å². The molecule has 96 valence electrons. The number of aryl methyl sites for hydroxylation is 1. The third kappa shape index (κ3) is 2.83. The SMILES string of the molecule is CNCC1CCCN(c2ccc(C)cc2C#N)C1. The van der Waals surface area contributed by atoms with Gasteiger partial charge in [0, 0.05) is 13.1 Å². The average Bonchev–Trinajstić information content (AvgIpc) is 2.39. The zero-order valence-corrected chi connectivity index (χ0v) is 11.2. The summed E-state index contributed by atoms with van der Waals surface area (Å²) in [6.07, 6.45) is 2.50. The summed E-state index contributed by atoms with van der Waals surface area (Å²) in [6.45, 7) is 5.21. The molecule has 0 aliphatic carbocycles. The Hall–Kier alpha value is -1.53. The largest absolute Gasteiger partial charge is 0.370 e. The molecule has 0 saturated carbocycles. The molecule has 1 unspecified atom stereocenters. The molecule has 1 fully saturated rings. The standard InChI is InChI=1S/C15H21N3/c1-12-5-6-15(14(8-12)9-16)18-7-3-4-13(11-18)10-17-2/h5-6,8,13,17H,3-4,7,10-11H2,1-2H3. The number of nitriles is 1. The smallest absolute Gasteiger partial charge is 0.101 e. The first-order valence-corrected chi connectivity index (χ1v) is 6.65. The van der Waals surface area contributed by atoms with Crippen molar-refractivity contribution in [1.29, 1.82) is 5.26 Å². The first-order valence-electron chi connectivity index (χ1n) is 6.65. The van der Waals surface area contributed by atoms with Crippen LogP contribution in [0, 0.1) is 24.2 Å². The highest BCUT2D eigenvalue weighted by Gasteiger charge is 2.21. The molecule has 2 rings (SSSR count). The summed E-state index contributed by atoms with van der Waals surface area (Å²) in [4.78, 5) is 2.36. The fraction of sp³-hybridized carbons (Fsp3) is 0.533. The normalized spacial score (nSPS) is 19.6. The number of benzene rings is 1. The zero-order valence-electron chi connectivity index (χ0n) is 11.2. The Balaban J connectivity index is 2.18. The predicted octanol–water partition coefficient (Wildman–Crippen LogP) is 2.30. The van der Waals surface area contributed by atoms with Crippen LogP contribution in [0.4, 0.5) is 5.69 Å². The monoisotopic (exact) mass is 243 g/mol. The summed E-state index contributed by atoms with van der Waals surface area (Å²) < 4.78 is 0. The van der Waals surface area contributed by atoms with Crippen LogP contribution in [0.25, 0.3) is 0 Å². The fourth-order valence-corrected chi connectivity index (χ4v) is 2.75. The third-order valence-electron chi connectivity index (χ3n) is 3.62. The van der Waals surface area contributed by atoms with Crippen LogP contribution in [-0.4, -0.2) is 26.7 Å². The van der Waals surface area contributed by atoms with E-state index in [0.717, 1.165) is 36.4 Å². The van der Waals surface area contributed by atoms with E-state index in [1.807, 2.05) is 20.0 Å². The molecule has 1 aliphatic rings. The molecule has 1 N–H and O–H groups in total. The van der Waals surface area contributed by atoms with Crippen molar-refractivity contribution in [1.82, 2.24) is 5.32 Å². The molecule has 1 aromatic rings. The van der Waals surface area contributed by atoms with Gasteiger partial charge in [0.1, 0.15) is 6.07 Å². The van der Waals surface area contributed by atoms with Crippen LogP contribution in [0.15, 0.2) is 18.2 Å². The average molecular weight is 243 g/mol. The number of anilines is 1. The van der Waals surface area contributed by atoms with Gasteiger partial charge in [0.2, 0.25) is 0 Å². The molecule has 1 aliphatic heterocycles. The van der Waals surface area contributed by atoms with Crippen LogP contribution < -0.4 is 10.2 Å². The summed E-state index contributed by atoms with van der Waals surface area (Å²) in [6, 6.07) is 8.49. The molecule has 0 amide bonds. The van der Waals surface area contributed by atoms with Gasteiger partial charge in [-0.15, -0.1) is 0 Å². The Morgan fingerprint density at radius 1 is 1.50 bits per heavy atom. The minimum absolute atomic E-state index is 0.691. The number of nitrogens with one attached hydrogen (secondary N) is 1. The first-order chi connectivity index (χ1) is 8.74. The molecule has 1 atom stereocenters. The summed E-state index contributed by atoms with van der Waals surface area (Å²) >= 11 is 0. The molecule has 0 bridgehead atoms. The van der Waals surface area contributed by atoms with Crippen molar-refractivity contribution in [2.24, 2.45) is 5.92 Å². The van der Waals surface area contributed by atoms with Crippen LogP contribution in [0.3, 0.4) is 0 Å². The minimum atomic E-state index is 0.691. The van der Waals surface area contributed by atoms with Gasteiger partial charge in [0.05, 0.1) is 11.3 Å². The van der Waals surface area contributed by atoms with Gasteiger partial charge in [0.15, 0.2) is 0 Å². The summed E-state index contributed by atoms with van der Waals surface area (Å²) in [5, 5.41) is 12.5. The van der Waals surface area contributed by atoms with E-state index in [2.05, 4.69) is 28.4 Å². The number of nitrogens with zero attached hydrogens (tertiary/aromatic N) is 2. The summed E-state index contributed by atoms with van der Waals surface area (Å²) in [5.74, 6) is 0.691. The van der Waals surface area contributed by atoms with Gasteiger partial charge >= 0.3 is 0 Å². The van der Waals surface area contributed by atoms with Crippen molar-refractivity contribution in [2.75, 3.05) is 31.6 Å². The molecule has 3 heteroatoms. The molecular weight excluding hydrogens is 222 g/mol. The molecule has 1 aromatic carbocycles. The van der Waals surface area contributed by atoms with Gasteiger partial charge in [-0.1, -0.05) is 6.07 Å². The summed E-state index contributed by atoms with van der Waals surface area (Å²) in [5.41, 5.74) is 3.06. The topological polar surface area (TPSA) is 39.1 Å². The molecule has 0 radical (unpaired) electrons. The molecular formula is C15H21N3. The predicted molar refractivity (Wildman–Crippen MR) is 74.8 cm³/mol. The number of hydrogen-bond acceptors (Lipinski definition) is 3. The molecule has 3 nitrogen and oxygen atoms in total. The van der Waals surface area contributed by atoms with Gasteiger partial charge in [-0.3, -0.25) is 0 Å². The van der Waals surface area contributed by atoms with Crippen molar-refractivity contribution < 1.29 is 0 Å². The van der Waals surface area contributed by atoms with E-state index >= 15 is 0 Å². The van der Waals surface area contributed by atoms with Crippen molar-refractivity contribution >= 4 is 5.69 Å². The van der Waals surface area contributed by atoms with Gasteiger partial charge in [0.25, 0.3) is 0 Å². The van der Waals surface area contributed by atoms with Crippen LogP contribution >= 0.6 is 0 Å². The Labute approximate surface area is 109 Å². The van der Waals surface area contributed by atoms with Crippen molar-refractivity contribution in [2.45, 2.75) is 19.8 Å². The number of rotatable bonds is 3. The highest BCUT2D eigenvalue weighted by atomic mass is 15.1. The first kappa shape index (κ1) is 12.9. The highest BCUT2D eigenvalue weighted by Crippen LogP contribution is 2.26. The van der Waals surface area contributed by atoms with Crippen molar-refractivity contribution in [3.63, 3.8) is 0 Å². The molecule has 0 aromatic heterocycles. The highest BCUT2D eigenvalue weighted by molar-refractivity contribution is 5.60. The maximum Gasteiger partial charge on any atom is 0.101 e. The zero-order chi connectivity index (χ0) is 13.0. The lowest BCUT2D eigenvalue weighted by molar-refractivity contribution is 0.402. The van der Waals surface area contributed by atoms with Gasteiger partial charge in [-0.25, -0.2) is 0 Å². The van der Waals surface area contributed by atoms with Gasteiger partial charge < -0.3 is 10.2 Å². The molecule has 18 heavy (non-hydrogen) atoms. The Morgan fingerprint density at radius 3 is 3.06 bits per heavy atom. The Bertz CT molecular complexity index is 446. The van der Waals surface area contributed by atoms with E-state index in [0.29, 0.717) is 5.92 Å². The van der Waals surface area contributed by atoms with E-state index in [4.69, 9.17) is 0 Å². The second-order valence-corrected chi connectivity index (χ2v) is 5.14. The molecule has 1 heterocycles. The van der Waals surface area contributed by atoms with Crippen LogP contribution in [0.5, 0.6) is 0 Å². The lowest BCUT2D eigenvalue weighted by atomic mass is 9.96. The Morgan fingerprint density at radius 2 is 2.33 bits per heavy atom. The number of hydrogen-bond donors (Lipinski definition) is 1. The van der Waals surface area contributed by atoms with Crippen LogP contribution in [0.1, 0.15) is 24.0 Å². The van der Waals surface area contributed by atoms with Gasteiger partial charge in [-0.05, 0) is 57.0 Å². The Kier molecular flexibility index (Phi) is 4.22. The second-order valence-electron chi connectivity index (χ2n) is 5.14. The van der Waals surface area contributed by atoms with Crippen molar-refractivity contribution in [3.8, 4) is 6.07 Å². The van der Waals surface area contributed by atoms with Crippen LogP contribution in [0.2, 0.25) is 0 Å². The van der Waals surface area contributed by atoms with Gasteiger partial charge in [-0.2, -0.15) is 5.26 Å². The van der Waals surface area contributed by atoms with E-state index < -0.39 is 0 Å². The van der Waals surface area contributed by atoms with E-state index in [-0.39, 0.29) is 0 Å². The summed E-state index contributed by atoms with van der Waals surface area (Å²) in [7, 11) is 2.01. The number of piperidine rings is 1. The van der Waals surface area contributed by atoms with E-state index in [1.54, 1.807) is 0 Å². The van der Waals surface area contributed by atoms with E-state index in [9.17, 15) is 5.26 Å². The minimum Gasteiger partial charge on any atom is -0.370 e. The third-order valence-corrected chi connectivity index (χ3v) is 3.62. The lowest BCUT2D eigenvalue weighted by Crippen LogP contribution is -2.39. The van der Waals surface area contributed by atoms with Crippen molar-refractivity contribution in [3.05, 3.63) is 29.3 Å². The maximum absolute atomic E-state index is 9.25. The fourth-order valence-electron chi connectivity index (χ4n) is 2.75. The second kappa shape index (κ2) is 5.88. The quantitative estimate of drug-likeness (QED) is 0.885. The molecule has 0 spiro atoms. The lowest BCUT2D eigenvalue weighted by Gasteiger charge is -2.35. The molecule has 1 saturated heterocycles. The maximum atomic E-state index is 9.25. The van der Waals surface area contributed by atoms with E-state index in [1.165, 1.54) is 12.8 Å².